The molecule has 4 heteroatoms. The lowest BCUT2D eigenvalue weighted by atomic mass is 9.82. The zero-order valence-corrected chi connectivity index (χ0v) is 10.9. The van der Waals surface area contributed by atoms with Gasteiger partial charge in [-0.25, -0.2) is 9.67 Å². The van der Waals surface area contributed by atoms with Crippen LogP contribution in [0.4, 0.5) is 0 Å². The number of aromatic nitrogens is 3. The number of rotatable bonds is 4. The second kappa shape index (κ2) is 5.17. The third-order valence-electron chi connectivity index (χ3n) is 3.51. The fourth-order valence-electron chi connectivity index (χ4n) is 2.60. The Bertz CT molecular complexity index is 353. The van der Waals surface area contributed by atoms with E-state index >= 15 is 0 Å². The molecule has 1 saturated carbocycles. The molecule has 0 atom stereocenters. The van der Waals surface area contributed by atoms with Crippen molar-refractivity contribution in [2.24, 2.45) is 5.92 Å². The summed E-state index contributed by atoms with van der Waals surface area (Å²) < 4.78 is 1.94. The van der Waals surface area contributed by atoms with Gasteiger partial charge in [0.1, 0.15) is 12.2 Å². The monoisotopic (exact) mass is 237 g/mol. The summed E-state index contributed by atoms with van der Waals surface area (Å²) in [6, 6.07) is 0. The van der Waals surface area contributed by atoms with Gasteiger partial charge in [-0.05, 0) is 18.8 Å². The summed E-state index contributed by atoms with van der Waals surface area (Å²) >= 11 is 0. The van der Waals surface area contributed by atoms with Gasteiger partial charge in [0.2, 0.25) is 0 Å². The summed E-state index contributed by atoms with van der Waals surface area (Å²) in [4.78, 5) is 4.30. The highest BCUT2D eigenvalue weighted by atomic mass is 16.3. The molecule has 2 rings (SSSR count). The average molecular weight is 237 g/mol. The van der Waals surface area contributed by atoms with E-state index in [2.05, 4.69) is 23.9 Å². The number of nitrogens with zero attached hydrogens (tertiary/aromatic N) is 3. The summed E-state index contributed by atoms with van der Waals surface area (Å²) in [5.41, 5.74) is -0.542. The predicted molar refractivity (Wildman–Crippen MR) is 66.6 cm³/mol. The van der Waals surface area contributed by atoms with E-state index in [1.54, 1.807) is 6.33 Å². The summed E-state index contributed by atoms with van der Waals surface area (Å²) in [7, 11) is 0. The third kappa shape index (κ3) is 3.28. The Morgan fingerprint density at radius 1 is 1.35 bits per heavy atom. The van der Waals surface area contributed by atoms with Gasteiger partial charge in [0.15, 0.2) is 0 Å². The van der Waals surface area contributed by atoms with Crippen LogP contribution in [0.25, 0.3) is 0 Å². The van der Waals surface area contributed by atoms with Gasteiger partial charge in [0.25, 0.3) is 0 Å². The van der Waals surface area contributed by atoms with Crippen molar-refractivity contribution < 1.29 is 5.11 Å². The van der Waals surface area contributed by atoms with Crippen molar-refractivity contribution in [1.29, 1.82) is 0 Å². The second-order valence-corrected chi connectivity index (χ2v) is 5.71. The molecule has 0 radical (unpaired) electrons. The lowest BCUT2D eigenvalue weighted by molar-refractivity contribution is 0.00175. The molecule has 1 aliphatic rings. The Balaban J connectivity index is 2.04. The first-order chi connectivity index (χ1) is 8.09. The highest BCUT2D eigenvalue weighted by Gasteiger charge is 2.31. The Hall–Kier alpha value is -0.900. The summed E-state index contributed by atoms with van der Waals surface area (Å²) in [5.74, 6) is 1.49. The standard InChI is InChI=1S/C13H23N3O/c1-11(2)9-16-12(14-10-15-16)8-13(17)6-4-3-5-7-13/h10-11,17H,3-9H2,1-2H3. The van der Waals surface area contributed by atoms with E-state index in [1.165, 1.54) is 6.42 Å². The van der Waals surface area contributed by atoms with Crippen LogP contribution in [0.3, 0.4) is 0 Å². The zero-order valence-electron chi connectivity index (χ0n) is 10.9. The Morgan fingerprint density at radius 2 is 2.06 bits per heavy atom. The van der Waals surface area contributed by atoms with Crippen LogP contribution in [0.5, 0.6) is 0 Å². The Kier molecular flexibility index (Phi) is 3.82. The molecule has 4 nitrogen and oxygen atoms in total. The van der Waals surface area contributed by atoms with E-state index in [4.69, 9.17) is 0 Å². The topological polar surface area (TPSA) is 50.9 Å². The van der Waals surface area contributed by atoms with Crippen LogP contribution in [0, 0.1) is 5.92 Å². The molecular weight excluding hydrogens is 214 g/mol. The molecule has 0 bridgehead atoms. The van der Waals surface area contributed by atoms with Gasteiger partial charge in [0, 0.05) is 13.0 Å². The molecule has 1 fully saturated rings. The largest absolute Gasteiger partial charge is 0.389 e. The normalized spacial score (nSPS) is 19.8. The van der Waals surface area contributed by atoms with E-state index in [9.17, 15) is 5.11 Å². The molecule has 17 heavy (non-hydrogen) atoms. The molecule has 1 aromatic rings. The van der Waals surface area contributed by atoms with Crippen LogP contribution in [-0.4, -0.2) is 25.5 Å². The van der Waals surface area contributed by atoms with E-state index in [0.717, 1.165) is 38.1 Å². The van der Waals surface area contributed by atoms with Crippen molar-refractivity contribution in [3.05, 3.63) is 12.2 Å². The number of aliphatic hydroxyl groups is 1. The average Bonchev–Trinajstić information content (AvgIpc) is 2.65. The quantitative estimate of drug-likeness (QED) is 0.873. The van der Waals surface area contributed by atoms with Gasteiger partial charge in [-0.3, -0.25) is 0 Å². The van der Waals surface area contributed by atoms with Gasteiger partial charge in [-0.15, -0.1) is 0 Å². The minimum atomic E-state index is -0.542. The van der Waals surface area contributed by atoms with Gasteiger partial charge >= 0.3 is 0 Å². The van der Waals surface area contributed by atoms with E-state index in [1.807, 2.05) is 4.68 Å². The molecule has 96 valence electrons. The van der Waals surface area contributed by atoms with Crippen LogP contribution in [0.1, 0.15) is 51.8 Å². The zero-order chi connectivity index (χ0) is 12.3. The van der Waals surface area contributed by atoms with Crippen molar-refractivity contribution in [2.75, 3.05) is 0 Å². The number of hydrogen-bond donors (Lipinski definition) is 1. The first kappa shape index (κ1) is 12.6. The maximum absolute atomic E-state index is 10.5. The van der Waals surface area contributed by atoms with Crippen LogP contribution in [-0.2, 0) is 13.0 Å². The molecule has 0 aromatic carbocycles. The van der Waals surface area contributed by atoms with Crippen molar-refractivity contribution in [2.45, 2.75) is 64.5 Å². The lowest BCUT2D eigenvalue weighted by Crippen LogP contribution is -2.35. The maximum Gasteiger partial charge on any atom is 0.138 e. The molecular formula is C13H23N3O. The highest BCUT2D eigenvalue weighted by molar-refractivity contribution is 4.96. The van der Waals surface area contributed by atoms with E-state index in [0.29, 0.717) is 12.3 Å². The van der Waals surface area contributed by atoms with Crippen molar-refractivity contribution in [3.63, 3.8) is 0 Å². The molecule has 0 saturated heterocycles. The Labute approximate surface area is 103 Å². The van der Waals surface area contributed by atoms with E-state index < -0.39 is 5.60 Å². The SMILES string of the molecule is CC(C)Cn1ncnc1CC1(O)CCCCC1. The minimum absolute atomic E-state index is 0.542. The van der Waals surface area contributed by atoms with Gasteiger partial charge in [-0.2, -0.15) is 5.10 Å². The van der Waals surface area contributed by atoms with Crippen LogP contribution in [0.2, 0.25) is 0 Å². The van der Waals surface area contributed by atoms with Crippen LogP contribution in [0.15, 0.2) is 6.33 Å². The molecule has 0 unspecified atom stereocenters. The molecule has 1 aromatic heterocycles. The number of hydrogen-bond acceptors (Lipinski definition) is 3. The minimum Gasteiger partial charge on any atom is -0.389 e. The van der Waals surface area contributed by atoms with Crippen molar-refractivity contribution in [1.82, 2.24) is 14.8 Å². The summed E-state index contributed by atoms with van der Waals surface area (Å²) in [6.07, 6.45) is 7.58. The molecule has 1 heterocycles. The van der Waals surface area contributed by atoms with E-state index in [-0.39, 0.29) is 0 Å². The predicted octanol–water partition coefficient (Wildman–Crippen LogP) is 2.17. The first-order valence-corrected chi connectivity index (χ1v) is 6.68. The molecule has 0 spiro atoms. The highest BCUT2D eigenvalue weighted by Crippen LogP contribution is 2.30. The van der Waals surface area contributed by atoms with Gasteiger partial charge in [0.05, 0.1) is 5.60 Å². The fourth-order valence-corrected chi connectivity index (χ4v) is 2.60. The molecule has 0 amide bonds. The molecule has 1 aliphatic carbocycles. The first-order valence-electron chi connectivity index (χ1n) is 6.68. The molecule has 0 aliphatic heterocycles. The smallest absolute Gasteiger partial charge is 0.138 e. The van der Waals surface area contributed by atoms with Crippen LogP contribution >= 0.6 is 0 Å². The van der Waals surface area contributed by atoms with Crippen molar-refractivity contribution in [3.8, 4) is 0 Å². The maximum atomic E-state index is 10.5. The second-order valence-electron chi connectivity index (χ2n) is 5.71. The molecule has 1 N–H and O–H groups in total. The lowest BCUT2D eigenvalue weighted by Gasteiger charge is -2.31. The van der Waals surface area contributed by atoms with Gasteiger partial charge in [-0.1, -0.05) is 33.1 Å². The van der Waals surface area contributed by atoms with Crippen molar-refractivity contribution >= 4 is 0 Å². The Morgan fingerprint density at radius 3 is 2.71 bits per heavy atom. The van der Waals surface area contributed by atoms with Gasteiger partial charge < -0.3 is 5.11 Å². The summed E-state index contributed by atoms with van der Waals surface area (Å²) in [6.45, 7) is 5.22. The van der Waals surface area contributed by atoms with Crippen LogP contribution < -0.4 is 0 Å². The fraction of sp³-hybridized carbons (Fsp3) is 0.846. The third-order valence-corrected chi connectivity index (χ3v) is 3.51. The summed E-state index contributed by atoms with van der Waals surface area (Å²) in [5, 5.41) is 14.8.